The molecule has 1 unspecified atom stereocenters. The van der Waals surface area contributed by atoms with Crippen molar-refractivity contribution >= 4 is 28.9 Å². The van der Waals surface area contributed by atoms with Crippen molar-refractivity contribution in [3.05, 3.63) is 23.2 Å². The van der Waals surface area contributed by atoms with Crippen LogP contribution in [0.5, 0.6) is 0 Å². The molecule has 0 bridgehead atoms. The number of rotatable bonds is 2. The number of piperidine rings is 1. The number of carbonyl (C=O) groups is 1. The van der Waals surface area contributed by atoms with Gasteiger partial charge in [-0.05, 0) is 25.0 Å². The van der Waals surface area contributed by atoms with Crippen molar-refractivity contribution in [2.45, 2.75) is 18.9 Å². The Balaban J connectivity index is 2.16. The Morgan fingerprint density at radius 2 is 2.31 bits per heavy atom. The molecule has 5 heteroatoms. The highest BCUT2D eigenvalue weighted by atomic mass is 35.5. The summed E-state index contributed by atoms with van der Waals surface area (Å²) in [6.45, 7) is 0.745. The van der Waals surface area contributed by atoms with E-state index < -0.39 is 0 Å². The number of amides is 1. The van der Waals surface area contributed by atoms with Gasteiger partial charge < -0.3 is 16.4 Å². The molecule has 1 aromatic carbocycles. The standard InChI is InChI=1S/C11H14ClN3O/c12-7-3-1-4-8(13)10(7)15-9-5-2-6-14-11(9)16/h1,3-4,9,15H,2,5-6,13H2,(H,14,16). The van der Waals surface area contributed by atoms with E-state index in [2.05, 4.69) is 10.6 Å². The molecule has 1 amide bonds. The van der Waals surface area contributed by atoms with Gasteiger partial charge in [0.1, 0.15) is 6.04 Å². The second kappa shape index (κ2) is 4.61. The number of nitrogens with one attached hydrogen (secondary N) is 2. The number of hydrogen-bond donors (Lipinski definition) is 3. The van der Waals surface area contributed by atoms with Crippen molar-refractivity contribution in [1.82, 2.24) is 5.32 Å². The lowest BCUT2D eigenvalue weighted by Gasteiger charge is -2.24. The van der Waals surface area contributed by atoms with Crippen LogP contribution in [-0.2, 0) is 4.79 Å². The summed E-state index contributed by atoms with van der Waals surface area (Å²) in [6, 6.07) is 5.05. The van der Waals surface area contributed by atoms with Crippen LogP contribution in [0.3, 0.4) is 0 Å². The topological polar surface area (TPSA) is 67.2 Å². The number of carbonyl (C=O) groups excluding carboxylic acids is 1. The second-order valence-corrected chi connectivity index (χ2v) is 4.24. The largest absolute Gasteiger partial charge is 0.397 e. The Bertz CT molecular complexity index is 388. The highest BCUT2D eigenvalue weighted by molar-refractivity contribution is 6.34. The third-order valence-corrected chi connectivity index (χ3v) is 2.96. The van der Waals surface area contributed by atoms with Gasteiger partial charge in [-0.2, -0.15) is 0 Å². The molecule has 0 spiro atoms. The predicted octanol–water partition coefficient (Wildman–Crippen LogP) is 1.61. The molecule has 1 aliphatic rings. The van der Waals surface area contributed by atoms with E-state index >= 15 is 0 Å². The lowest BCUT2D eigenvalue weighted by molar-refractivity contribution is -0.123. The number of nitrogens with two attached hydrogens (primary N) is 1. The van der Waals surface area contributed by atoms with Crippen LogP contribution >= 0.6 is 11.6 Å². The third-order valence-electron chi connectivity index (χ3n) is 2.65. The van der Waals surface area contributed by atoms with Crippen LogP contribution in [0.25, 0.3) is 0 Å². The lowest BCUT2D eigenvalue weighted by atomic mass is 10.1. The smallest absolute Gasteiger partial charge is 0.242 e. The number of para-hydroxylation sites is 1. The Kier molecular flexibility index (Phi) is 3.19. The van der Waals surface area contributed by atoms with Gasteiger partial charge in [0.05, 0.1) is 16.4 Å². The molecule has 0 aliphatic carbocycles. The van der Waals surface area contributed by atoms with Crippen LogP contribution in [0.1, 0.15) is 12.8 Å². The second-order valence-electron chi connectivity index (χ2n) is 3.83. The lowest BCUT2D eigenvalue weighted by Crippen LogP contribution is -2.44. The average molecular weight is 240 g/mol. The van der Waals surface area contributed by atoms with E-state index in [9.17, 15) is 4.79 Å². The number of hydrogen-bond acceptors (Lipinski definition) is 3. The van der Waals surface area contributed by atoms with Crippen molar-refractivity contribution < 1.29 is 4.79 Å². The predicted molar refractivity (Wildman–Crippen MR) is 65.5 cm³/mol. The summed E-state index contributed by atoms with van der Waals surface area (Å²) in [7, 11) is 0. The van der Waals surface area contributed by atoms with Gasteiger partial charge in [0.25, 0.3) is 0 Å². The first-order valence-corrected chi connectivity index (χ1v) is 5.64. The average Bonchev–Trinajstić information content (AvgIpc) is 2.26. The SMILES string of the molecule is Nc1cccc(Cl)c1NC1CCCNC1=O. The molecule has 2 rings (SSSR count). The maximum absolute atomic E-state index is 11.6. The van der Waals surface area contributed by atoms with Crippen molar-refractivity contribution in [2.75, 3.05) is 17.6 Å². The van der Waals surface area contributed by atoms with Crippen LogP contribution < -0.4 is 16.4 Å². The molecule has 1 heterocycles. The van der Waals surface area contributed by atoms with Gasteiger partial charge in [-0.1, -0.05) is 17.7 Å². The third kappa shape index (κ3) is 2.22. The van der Waals surface area contributed by atoms with Gasteiger partial charge in [-0.3, -0.25) is 4.79 Å². The zero-order chi connectivity index (χ0) is 11.5. The summed E-state index contributed by atoms with van der Waals surface area (Å²) >= 11 is 6.02. The van der Waals surface area contributed by atoms with E-state index in [1.165, 1.54) is 0 Å². The van der Waals surface area contributed by atoms with Crippen LogP contribution in [0.2, 0.25) is 5.02 Å². The maximum Gasteiger partial charge on any atom is 0.242 e. The summed E-state index contributed by atoms with van der Waals surface area (Å²) in [5.74, 6) is 0.00516. The summed E-state index contributed by atoms with van der Waals surface area (Å²) in [6.07, 6.45) is 1.77. The van der Waals surface area contributed by atoms with Gasteiger partial charge in [0, 0.05) is 6.54 Å². The molecule has 1 aromatic rings. The molecule has 1 atom stereocenters. The van der Waals surface area contributed by atoms with Crippen LogP contribution in [-0.4, -0.2) is 18.5 Å². The molecule has 1 aliphatic heterocycles. The Morgan fingerprint density at radius 3 is 3.00 bits per heavy atom. The number of anilines is 2. The minimum absolute atomic E-state index is 0.00516. The molecule has 1 saturated heterocycles. The minimum Gasteiger partial charge on any atom is -0.397 e. The summed E-state index contributed by atoms with van der Waals surface area (Å²) in [5.41, 5.74) is 7.01. The summed E-state index contributed by atoms with van der Waals surface area (Å²) < 4.78 is 0. The number of nitrogen functional groups attached to an aromatic ring is 1. The monoisotopic (exact) mass is 239 g/mol. The van der Waals surface area contributed by atoms with Crippen molar-refractivity contribution in [3.63, 3.8) is 0 Å². The van der Waals surface area contributed by atoms with Crippen LogP contribution in [0.15, 0.2) is 18.2 Å². The number of benzene rings is 1. The normalized spacial score (nSPS) is 20.3. The molecular weight excluding hydrogens is 226 g/mol. The van der Waals surface area contributed by atoms with Gasteiger partial charge in [0.15, 0.2) is 0 Å². The fraction of sp³-hybridized carbons (Fsp3) is 0.364. The van der Waals surface area contributed by atoms with E-state index in [0.29, 0.717) is 16.4 Å². The van der Waals surface area contributed by atoms with Crippen LogP contribution in [0.4, 0.5) is 11.4 Å². The molecule has 16 heavy (non-hydrogen) atoms. The fourth-order valence-electron chi connectivity index (χ4n) is 1.78. The van der Waals surface area contributed by atoms with E-state index in [1.54, 1.807) is 18.2 Å². The van der Waals surface area contributed by atoms with E-state index in [4.69, 9.17) is 17.3 Å². The molecule has 1 fully saturated rings. The fourth-order valence-corrected chi connectivity index (χ4v) is 2.01. The summed E-state index contributed by atoms with van der Waals surface area (Å²) in [5, 5.41) is 6.44. The van der Waals surface area contributed by atoms with E-state index in [0.717, 1.165) is 19.4 Å². The van der Waals surface area contributed by atoms with Crippen molar-refractivity contribution in [2.24, 2.45) is 0 Å². The molecular formula is C11H14ClN3O. The number of halogens is 1. The van der Waals surface area contributed by atoms with Gasteiger partial charge in [0.2, 0.25) is 5.91 Å². The van der Waals surface area contributed by atoms with Gasteiger partial charge in [-0.25, -0.2) is 0 Å². The first-order chi connectivity index (χ1) is 7.68. The van der Waals surface area contributed by atoms with Crippen LogP contribution in [0, 0.1) is 0 Å². The highest BCUT2D eigenvalue weighted by Crippen LogP contribution is 2.29. The maximum atomic E-state index is 11.6. The highest BCUT2D eigenvalue weighted by Gasteiger charge is 2.22. The zero-order valence-electron chi connectivity index (χ0n) is 8.79. The van der Waals surface area contributed by atoms with Gasteiger partial charge >= 0.3 is 0 Å². The van der Waals surface area contributed by atoms with Gasteiger partial charge in [-0.15, -0.1) is 0 Å². The van der Waals surface area contributed by atoms with E-state index in [1.807, 2.05) is 0 Å². The molecule has 0 aromatic heterocycles. The summed E-state index contributed by atoms with van der Waals surface area (Å²) in [4.78, 5) is 11.6. The Labute approximate surface area is 99.2 Å². The Morgan fingerprint density at radius 1 is 1.50 bits per heavy atom. The Hall–Kier alpha value is -1.42. The first-order valence-electron chi connectivity index (χ1n) is 5.26. The van der Waals surface area contributed by atoms with E-state index in [-0.39, 0.29) is 11.9 Å². The zero-order valence-corrected chi connectivity index (χ0v) is 9.55. The van der Waals surface area contributed by atoms with Crippen molar-refractivity contribution in [1.29, 1.82) is 0 Å². The van der Waals surface area contributed by atoms with Crippen molar-refractivity contribution in [3.8, 4) is 0 Å². The minimum atomic E-state index is -0.240. The first kappa shape index (κ1) is 11.1. The molecule has 0 saturated carbocycles. The molecule has 0 radical (unpaired) electrons. The molecule has 4 N–H and O–H groups in total. The quantitative estimate of drug-likeness (QED) is 0.687. The molecule has 4 nitrogen and oxygen atoms in total. The molecule has 86 valence electrons.